The van der Waals surface area contributed by atoms with E-state index in [9.17, 15) is 9.59 Å². The quantitative estimate of drug-likeness (QED) is 0.343. The summed E-state index contributed by atoms with van der Waals surface area (Å²) in [5.41, 5.74) is 4.04. The zero-order valence-electron chi connectivity index (χ0n) is 21.0. The molecule has 5 nitrogen and oxygen atoms in total. The highest BCUT2D eigenvalue weighted by Crippen LogP contribution is 2.40. The van der Waals surface area contributed by atoms with E-state index in [1.165, 1.54) is 49.8 Å². The number of nitrogens with one attached hydrogen (secondary N) is 1. The van der Waals surface area contributed by atoms with E-state index in [4.69, 9.17) is 5.11 Å². The second-order valence-corrected chi connectivity index (χ2v) is 9.84. The van der Waals surface area contributed by atoms with E-state index in [1.807, 2.05) is 25.2 Å². The lowest BCUT2D eigenvalue weighted by molar-refractivity contribution is -0.146. The van der Waals surface area contributed by atoms with Crippen molar-refractivity contribution in [3.05, 3.63) is 58.7 Å². The van der Waals surface area contributed by atoms with Gasteiger partial charge in [0.05, 0.1) is 0 Å². The minimum atomic E-state index is -1.32. The molecule has 0 radical (unpaired) electrons. The molecule has 0 fully saturated rings. The summed E-state index contributed by atoms with van der Waals surface area (Å²) in [5, 5.41) is 11.6. The van der Waals surface area contributed by atoms with Crippen molar-refractivity contribution in [3.8, 4) is 0 Å². The van der Waals surface area contributed by atoms with Gasteiger partial charge >= 0.3 is 5.97 Å². The Morgan fingerprint density at radius 3 is 2.38 bits per heavy atom. The van der Waals surface area contributed by atoms with Crippen LogP contribution in [0.5, 0.6) is 0 Å². The predicted octanol–water partition coefficient (Wildman–Crippen LogP) is 5.96. The number of rotatable bonds is 9. The molecule has 0 bridgehead atoms. The van der Waals surface area contributed by atoms with Gasteiger partial charge in [-0.2, -0.15) is 0 Å². The number of carboxylic acid groups (broad SMARTS) is 1. The second-order valence-electron chi connectivity index (χ2n) is 9.84. The van der Waals surface area contributed by atoms with Crippen LogP contribution in [-0.4, -0.2) is 34.8 Å². The van der Waals surface area contributed by atoms with E-state index in [2.05, 4.69) is 56.2 Å². The molecule has 5 heteroatoms. The fourth-order valence-electron chi connectivity index (χ4n) is 3.51. The van der Waals surface area contributed by atoms with Crippen molar-refractivity contribution < 1.29 is 14.7 Å². The van der Waals surface area contributed by atoms with E-state index in [0.29, 0.717) is 0 Å². The van der Waals surface area contributed by atoms with Crippen LogP contribution in [0.25, 0.3) is 0 Å². The topological polar surface area (TPSA) is 78.8 Å². The monoisotopic (exact) mass is 440 g/mol. The Hall–Kier alpha value is -2.69. The molecule has 1 atom stereocenters. The summed E-state index contributed by atoms with van der Waals surface area (Å²) in [5.74, 6) is -1.51. The maximum atomic E-state index is 12.1. The van der Waals surface area contributed by atoms with Gasteiger partial charge in [0.2, 0.25) is 5.91 Å². The first-order chi connectivity index (χ1) is 14.8. The number of aliphatic carboxylic acids is 1. The average Bonchev–Trinajstić information content (AvgIpc) is 2.66. The molecule has 1 rings (SSSR count). The van der Waals surface area contributed by atoms with Crippen LogP contribution in [0.4, 0.5) is 0 Å². The zero-order chi connectivity index (χ0) is 24.5. The number of carbonyl (C=O) groups excluding carboxylic acids is 1. The minimum Gasteiger partial charge on any atom is -0.480 e. The molecule has 176 valence electrons. The Morgan fingerprint density at radius 1 is 1.16 bits per heavy atom. The maximum Gasteiger partial charge on any atom is 0.328 e. The largest absolute Gasteiger partial charge is 0.480 e. The van der Waals surface area contributed by atoms with E-state index < -0.39 is 23.5 Å². The van der Waals surface area contributed by atoms with Gasteiger partial charge in [0.25, 0.3) is 0 Å². The van der Waals surface area contributed by atoms with Crippen LogP contribution in [0, 0.1) is 5.41 Å². The lowest BCUT2D eigenvalue weighted by Crippen LogP contribution is -2.52. The smallest absolute Gasteiger partial charge is 0.328 e. The van der Waals surface area contributed by atoms with Gasteiger partial charge in [0, 0.05) is 6.21 Å². The molecule has 0 spiro atoms. The van der Waals surface area contributed by atoms with Crippen LogP contribution in [0.15, 0.2) is 63.7 Å². The number of nitrogens with zero attached hydrogens (tertiary/aromatic N) is 1. The van der Waals surface area contributed by atoms with Gasteiger partial charge in [0.1, 0.15) is 11.6 Å². The summed E-state index contributed by atoms with van der Waals surface area (Å²) >= 11 is 0. The summed E-state index contributed by atoms with van der Waals surface area (Å²) < 4.78 is 0. The standard InChI is InChI=1S/C27H40N2O3/c1-19(14-15-23-21(3)13-10-17-26(23,5)6)11-9-12-20(2)16-18-28-22(4)24(30)29-27(7,8)25(31)32/h9,11-12,14-16,18,22H,10,13,17H2,1-8H3,(H,29,30)(H,31,32)/b12-9+,15-14+,19-11+,20-16+,28-18?/t22-/m0/s1. The highest BCUT2D eigenvalue weighted by molar-refractivity contribution is 5.90. The van der Waals surface area contributed by atoms with Crippen molar-refractivity contribution in [1.82, 2.24) is 5.32 Å². The van der Waals surface area contributed by atoms with Crippen LogP contribution in [0.1, 0.15) is 74.7 Å². The Balaban J connectivity index is 2.68. The van der Waals surface area contributed by atoms with Crippen molar-refractivity contribution >= 4 is 18.1 Å². The third-order valence-corrected chi connectivity index (χ3v) is 5.77. The molecule has 32 heavy (non-hydrogen) atoms. The average molecular weight is 441 g/mol. The zero-order valence-corrected chi connectivity index (χ0v) is 21.0. The molecular formula is C27H40N2O3. The molecular weight excluding hydrogens is 400 g/mol. The number of carbonyl (C=O) groups is 2. The van der Waals surface area contributed by atoms with E-state index >= 15 is 0 Å². The third-order valence-electron chi connectivity index (χ3n) is 5.77. The molecule has 0 heterocycles. The Kier molecular flexibility index (Phi) is 10.1. The van der Waals surface area contributed by atoms with Gasteiger partial charge in [-0.3, -0.25) is 9.79 Å². The summed E-state index contributed by atoms with van der Waals surface area (Å²) in [7, 11) is 0. The van der Waals surface area contributed by atoms with Gasteiger partial charge in [-0.15, -0.1) is 0 Å². The van der Waals surface area contributed by atoms with Crippen molar-refractivity contribution in [2.24, 2.45) is 10.4 Å². The number of allylic oxidation sites excluding steroid dienone is 10. The van der Waals surface area contributed by atoms with Crippen LogP contribution < -0.4 is 5.32 Å². The SMILES string of the molecule is CC1=C(/C=C/C(C)=C/C=C/C(C)=C/C=N[C@@H](C)C(=O)NC(C)(C)C(=O)O)C(C)(C)CCC1. The summed E-state index contributed by atoms with van der Waals surface area (Å²) in [6.07, 6.45) is 17.6. The Labute approximate surface area is 193 Å². The molecule has 1 aliphatic rings. The van der Waals surface area contributed by atoms with Gasteiger partial charge < -0.3 is 10.4 Å². The van der Waals surface area contributed by atoms with Crippen LogP contribution in [0.2, 0.25) is 0 Å². The predicted molar refractivity (Wildman–Crippen MR) is 134 cm³/mol. The molecule has 1 amide bonds. The Bertz CT molecular complexity index is 881. The van der Waals surface area contributed by atoms with Gasteiger partial charge in [-0.05, 0) is 83.4 Å². The van der Waals surface area contributed by atoms with Crippen molar-refractivity contribution in [3.63, 3.8) is 0 Å². The lowest BCUT2D eigenvalue weighted by atomic mass is 9.72. The van der Waals surface area contributed by atoms with E-state index in [0.717, 1.165) is 5.57 Å². The lowest BCUT2D eigenvalue weighted by Gasteiger charge is -2.32. The highest BCUT2D eigenvalue weighted by Gasteiger charge is 2.30. The van der Waals surface area contributed by atoms with Crippen molar-refractivity contribution in [1.29, 1.82) is 0 Å². The molecule has 0 aromatic heterocycles. The van der Waals surface area contributed by atoms with Crippen LogP contribution in [0.3, 0.4) is 0 Å². The summed E-state index contributed by atoms with van der Waals surface area (Å²) in [6, 6.07) is -0.671. The van der Waals surface area contributed by atoms with Crippen LogP contribution in [-0.2, 0) is 9.59 Å². The number of carboxylic acids is 1. The molecule has 0 unspecified atom stereocenters. The number of hydrogen-bond acceptors (Lipinski definition) is 3. The molecule has 0 saturated heterocycles. The molecule has 0 aromatic rings. The van der Waals surface area contributed by atoms with Gasteiger partial charge in [-0.1, -0.05) is 55.4 Å². The van der Waals surface area contributed by atoms with E-state index in [-0.39, 0.29) is 5.41 Å². The first kappa shape index (κ1) is 27.3. The van der Waals surface area contributed by atoms with Gasteiger partial charge in [-0.25, -0.2) is 4.79 Å². The van der Waals surface area contributed by atoms with Crippen molar-refractivity contribution in [2.75, 3.05) is 0 Å². The summed E-state index contributed by atoms with van der Waals surface area (Å²) in [4.78, 5) is 27.4. The van der Waals surface area contributed by atoms with Crippen LogP contribution >= 0.6 is 0 Å². The fraction of sp³-hybridized carbons (Fsp3) is 0.519. The molecule has 0 aromatic carbocycles. The number of amides is 1. The third kappa shape index (κ3) is 8.81. The van der Waals surface area contributed by atoms with Gasteiger partial charge in [0.15, 0.2) is 0 Å². The molecule has 0 aliphatic heterocycles. The van der Waals surface area contributed by atoms with Crippen molar-refractivity contribution in [2.45, 2.75) is 86.2 Å². The second kappa shape index (κ2) is 11.8. The first-order valence-electron chi connectivity index (χ1n) is 11.2. The van der Waals surface area contributed by atoms with E-state index in [1.54, 1.807) is 13.1 Å². The minimum absolute atomic E-state index is 0.241. The highest BCUT2D eigenvalue weighted by atomic mass is 16.4. The first-order valence-corrected chi connectivity index (χ1v) is 11.2. The molecule has 0 saturated carbocycles. The fourth-order valence-corrected chi connectivity index (χ4v) is 3.51. The number of aliphatic imine (C=N–C) groups is 1. The molecule has 2 N–H and O–H groups in total. The normalized spacial score (nSPS) is 19.2. The maximum absolute atomic E-state index is 12.1. The number of hydrogen-bond donors (Lipinski definition) is 2. The Morgan fingerprint density at radius 2 is 1.78 bits per heavy atom. The summed E-state index contributed by atoms with van der Waals surface area (Å²) in [6.45, 7) is 15.4. The molecule has 1 aliphatic carbocycles.